The van der Waals surface area contributed by atoms with Crippen LogP contribution in [0.15, 0.2) is 17.5 Å². The minimum atomic E-state index is 0.0789. The SMILES string of the molecule is C[C@@H]1CN(CCNC(=O)N2CCC[C@H]2c2cccs2)C[C@H](C)O1. The highest BCUT2D eigenvalue weighted by Crippen LogP contribution is 2.34. The summed E-state index contributed by atoms with van der Waals surface area (Å²) in [6.07, 6.45) is 2.72. The third-order valence-electron chi connectivity index (χ3n) is 4.58. The molecule has 3 rings (SSSR count). The average molecular weight is 337 g/mol. The quantitative estimate of drug-likeness (QED) is 0.919. The molecule has 3 atom stereocenters. The Hall–Kier alpha value is -1.11. The van der Waals surface area contributed by atoms with Crippen molar-refractivity contribution in [2.75, 3.05) is 32.7 Å². The van der Waals surface area contributed by atoms with Crippen LogP contribution in [0.2, 0.25) is 0 Å². The fraction of sp³-hybridized carbons (Fsp3) is 0.706. The average Bonchev–Trinajstić information content (AvgIpc) is 3.17. The van der Waals surface area contributed by atoms with Crippen molar-refractivity contribution in [2.45, 2.75) is 44.9 Å². The highest BCUT2D eigenvalue weighted by Gasteiger charge is 2.30. The monoisotopic (exact) mass is 337 g/mol. The molecule has 23 heavy (non-hydrogen) atoms. The Bertz CT molecular complexity index is 498. The number of amides is 2. The first-order chi connectivity index (χ1) is 11.1. The van der Waals surface area contributed by atoms with E-state index in [1.54, 1.807) is 11.3 Å². The first-order valence-electron chi connectivity index (χ1n) is 8.59. The number of morpholine rings is 1. The van der Waals surface area contributed by atoms with Gasteiger partial charge in [-0.1, -0.05) is 6.07 Å². The lowest BCUT2D eigenvalue weighted by atomic mass is 10.2. The largest absolute Gasteiger partial charge is 0.373 e. The molecule has 0 saturated carbocycles. The van der Waals surface area contributed by atoms with Crippen LogP contribution in [-0.2, 0) is 4.74 Å². The van der Waals surface area contributed by atoms with Gasteiger partial charge in [-0.05, 0) is 38.1 Å². The van der Waals surface area contributed by atoms with Crippen molar-refractivity contribution < 1.29 is 9.53 Å². The van der Waals surface area contributed by atoms with Crippen LogP contribution >= 0.6 is 11.3 Å². The third-order valence-corrected chi connectivity index (χ3v) is 5.56. The highest BCUT2D eigenvalue weighted by atomic mass is 32.1. The molecule has 1 aromatic rings. The molecule has 0 unspecified atom stereocenters. The van der Waals surface area contributed by atoms with Gasteiger partial charge in [-0.2, -0.15) is 0 Å². The number of rotatable bonds is 4. The Morgan fingerprint density at radius 2 is 2.17 bits per heavy atom. The molecular weight excluding hydrogens is 310 g/mol. The lowest BCUT2D eigenvalue weighted by Gasteiger charge is -2.35. The van der Waals surface area contributed by atoms with Crippen molar-refractivity contribution >= 4 is 17.4 Å². The summed E-state index contributed by atoms with van der Waals surface area (Å²) in [4.78, 5) is 18.2. The van der Waals surface area contributed by atoms with Crippen molar-refractivity contribution in [3.8, 4) is 0 Å². The molecule has 1 N–H and O–H groups in total. The van der Waals surface area contributed by atoms with Gasteiger partial charge in [-0.15, -0.1) is 11.3 Å². The van der Waals surface area contributed by atoms with E-state index in [0.717, 1.165) is 39.0 Å². The van der Waals surface area contributed by atoms with Gasteiger partial charge in [-0.25, -0.2) is 4.79 Å². The van der Waals surface area contributed by atoms with E-state index >= 15 is 0 Å². The normalized spacial score (nSPS) is 29.0. The number of nitrogens with zero attached hydrogens (tertiary/aromatic N) is 2. The topological polar surface area (TPSA) is 44.8 Å². The second kappa shape index (κ2) is 7.64. The lowest BCUT2D eigenvalue weighted by molar-refractivity contribution is -0.0672. The van der Waals surface area contributed by atoms with E-state index in [4.69, 9.17) is 4.74 Å². The second-order valence-electron chi connectivity index (χ2n) is 6.62. The minimum absolute atomic E-state index is 0.0789. The molecule has 3 heterocycles. The predicted octanol–water partition coefficient (Wildman–Crippen LogP) is 2.70. The zero-order valence-corrected chi connectivity index (χ0v) is 14.8. The van der Waals surface area contributed by atoms with Crippen molar-refractivity contribution in [3.63, 3.8) is 0 Å². The Labute approximate surface area is 142 Å². The Morgan fingerprint density at radius 3 is 2.87 bits per heavy atom. The Balaban J connectivity index is 1.46. The summed E-state index contributed by atoms with van der Waals surface area (Å²) in [6.45, 7) is 8.56. The van der Waals surface area contributed by atoms with Crippen molar-refractivity contribution in [3.05, 3.63) is 22.4 Å². The number of ether oxygens (including phenoxy) is 1. The molecule has 1 aromatic heterocycles. The molecule has 0 bridgehead atoms. The molecular formula is C17H27N3O2S. The molecule has 2 fully saturated rings. The number of urea groups is 1. The zero-order valence-electron chi connectivity index (χ0n) is 14.0. The summed E-state index contributed by atoms with van der Waals surface area (Å²) >= 11 is 1.74. The molecule has 2 aliphatic rings. The van der Waals surface area contributed by atoms with E-state index in [-0.39, 0.29) is 24.3 Å². The van der Waals surface area contributed by atoms with Crippen molar-refractivity contribution in [1.29, 1.82) is 0 Å². The molecule has 6 heteroatoms. The van der Waals surface area contributed by atoms with E-state index < -0.39 is 0 Å². The number of nitrogens with one attached hydrogen (secondary N) is 1. The van der Waals surface area contributed by atoms with E-state index in [1.165, 1.54) is 4.88 Å². The van der Waals surface area contributed by atoms with Crippen LogP contribution in [0.5, 0.6) is 0 Å². The molecule has 2 aliphatic heterocycles. The molecule has 2 amide bonds. The first kappa shape index (κ1) is 16.7. The van der Waals surface area contributed by atoms with Crippen LogP contribution in [0.25, 0.3) is 0 Å². The number of hydrogen-bond acceptors (Lipinski definition) is 4. The van der Waals surface area contributed by atoms with Gasteiger partial charge in [0.05, 0.1) is 18.2 Å². The van der Waals surface area contributed by atoms with Gasteiger partial charge in [0.25, 0.3) is 0 Å². The molecule has 0 spiro atoms. The van der Waals surface area contributed by atoms with Gasteiger partial charge < -0.3 is 15.0 Å². The molecule has 2 saturated heterocycles. The summed E-state index contributed by atoms with van der Waals surface area (Å²) in [5.74, 6) is 0. The molecule has 5 nitrogen and oxygen atoms in total. The molecule has 0 aliphatic carbocycles. The van der Waals surface area contributed by atoms with E-state index in [2.05, 4.69) is 41.6 Å². The summed E-state index contributed by atoms with van der Waals surface area (Å²) in [7, 11) is 0. The summed E-state index contributed by atoms with van der Waals surface area (Å²) in [6, 6.07) is 4.54. The number of carbonyl (C=O) groups is 1. The van der Waals surface area contributed by atoms with Crippen LogP contribution in [-0.4, -0.2) is 60.8 Å². The Kier molecular flexibility index (Phi) is 5.56. The fourth-order valence-electron chi connectivity index (χ4n) is 3.68. The van der Waals surface area contributed by atoms with E-state index in [0.29, 0.717) is 6.54 Å². The maximum absolute atomic E-state index is 12.5. The number of carbonyl (C=O) groups excluding carboxylic acids is 1. The van der Waals surface area contributed by atoms with Gasteiger partial charge in [0.15, 0.2) is 0 Å². The lowest BCUT2D eigenvalue weighted by Crippen LogP contribution is -2.49. The van der Waals surface area contributed by atoms with Gasteiger partial charge in [0, 0.05) is 37.6 Å². The van der Waals surface area contributed by atoms with Gasteiger partial charge in [-0.3, -0.25) is 4.90 Å². The summed E-state index contributed by atoms with van der Waals surface area (Å²) in [5.41, 5.74) is 0. The van der Waals surface area contributed by atoms with E-state index in [9.17, 15) is 4.79 Å². The number of hydrogen-bond donors (Lipinski definition) is 1. The smallest absolute Gasteiger partial charge is 0.317 e. The Morgan fingerprint density at radius 1 is 1.39 bits per heavy atom. The second-order valence-corrected chi connectivity index (χ2v) is 7.59. The predicted molar refractivity (Wildman–Crippen MR) is 92.8 cm³/mol. The van der Waals surface area contributed by atoms with Crippen molar-refractivity contribution in [1.82, 2.24) is 15.1 Å². The van der Waals surface area contributed by atoms with Gasteiger partial charge in [0.2, 0.25) is 0 Å². The zero-order chi connectivity index (χ0) is 16.2. The van der Waals surface area contributed by atoms with Crippen molar-refractivity contribution in [2.24, 2.45) is 0 Å². The number of thiophene rings is 1. The molecule has 0 aromatic carbocycles. The fourth-order valence-corrected chi connectivity index (χ4v) is 4.55. The minimum Gasteiger partial charge on any atom is -0.373 e. The standard InChI is InChI=1S/C17H27N3O2S/c1-13-11-19(12-14(2)22-13)9-7-18-17(21)20-8-3-5-15(20)16-6-4-10-23-16/h4,6,10,13-15H,3,5,7-9,11-12H2,1-2H3,(H,18,21)/t13-,14+,15-/m0/s1. The molecule has 128 valence electrons. The first-order valence-corrected chi connectivity index (χ1v) is 9.47. The van der Waals surface area contributed by atoms with Crippen LogP contribution in [0, 0.1) is 0 Å². The van der Waals surface area contributed by atoms with Gasteiger partial charge in [0.1, 0.15) is 0 Å². The maximum atomic E-state index is 12.5. The van der Waals surface area contributed by atoms with Crippen LogP contribution in [0.3, 0.4) is 0 Å². The summed E-state index contributed by atoms with van der Waals surface area (Å²) in [5, 5.41) is 5.19. The van der Waals surface area contributed by atoms with Crippen LogP contribution < -0.4 is 5.32 Å². The number of likely N-dealkylation sites (tertiary alicyclic amines) is 1. The van der Waals surface area contributed by atoms with E-state index in [1.807, 2.05) is 4.90 Å². The van der Waals surface area contributed by atoms with Crippen LogP contribution in [0.4, 0.5) is 4.79 Å². The third kappa shape index (κ3) is 4.25. The highest BCUT2D eigenvalue weighted by molar-refractivity contribution is 7.10. The van der Waals surface area contributed by atoms with Crippen LogP contribution in [0.1, 0.15) is 37.6 Å². The van der Waals surface area contributed by atoms with Gasteiger partial charge >= 0.3 is 6.03 Å². The maximum Gasteiger partial charge on any atom is 0.317 e. The summed E-state index contributed by atoms with van der Waals surface area (Å²) < 4.78 is 5.74. The molecule has 0 radical (unpaired) electrons.